The molecule has 5 rings (SSSR count). The summed E-state index contributed by atoms with van der Waals surface area (Å²) in [4.78, 5) is 14.3. The minimum absolute atomic E-state index is 0.158. The van der Waals surface area contributed by atoms with Crippen molar-refractivity contribution in [2.24, 2.45) is 9.50 Å². The monoisotopic (exact) mass is 573 g/mol. The number of ether oxygens (including phenoxy) is 2. The van der Waals surface area contributed by atoms with Gasteiger partial charge in [-0.05, 0) is 37.5 Å². The van der Waals surface area contributed by atoms with Crippen molar-refractivity contribution in [2.45, 2.75) is 49.4 Å². The van der Waals surface area contributed by atoms with E-state index in [9.17, 15) is 9.00 Å². The number of nitrogens with two attached hydrogens (primary N) is 1. The summed E-state index contributed by atoms with van der Waals surface area (Å²) in [6, 6.07) is 28.8. The zero-order chi connectivity index (χ0) is 29.3. The van der Waals surface area contributed by atoms with Gasteiger partial charge in [-0.25, -0.2) is 18.8 Å². The summed E-state index contributed by atoms with van der Waals surface area (Å²) >= 11 is 0. The number of likely N-dealkylation sites (N-methyl/N-ethyl adjacent to an activating group) is 1. The molecule has 2 heterocycles. The molecule has 3 aromatic carbocycles. The molecule has 0 saturated carbocycles. The largest absolute Gasteiger partial charge is 0.475 e. The molecule has 0 aliphatic carbocycles. The first kappa shape index (κ1) is 28.4. The number of carbonyl (C=O) groups is 1. The van der Waals surface area contributed by atoms with Crippen molar-refractivity contribution >= 4 is 16.0 Å². The third kappa shape index (κ3) is 5.71. The van der Waals surface area contributed by atoms with Gasteiger partial charge in [-0.3, -0.25) is 0 Å². The van der Waals surface area contributed by atoms with Gasteiger partial charge in [-0.15, -0.1) is 0 Å². The first-order valence-corrected chi connectivity index (χ1v) is 15.0. The lowest BCUT2D eigenvalue weighted by molar-refractivity contribution is 0.0101. The Bertz CT molecular complexity index is 1530. The maximum Gasteiger partial charge on any atom is 0.410 e. The number of rotatable bonds is 6. The number of hydrogen-bond donors (Lipinski definition) is 1. The van der Waals surface area contributed by atoms with Gasteiger partial charge in [-0.2, -0.15) is 9.46 Å². The lowest BCUT2D eigenvalue weighted by atomic mass is 9.78. The Balaban J connectivity index is 1.60. The quantitative estimate of drug-likeness (QED) is 0.319. The van der Waals surface area contributed by atoms with Crippen molar-refractivity contribution < 1.29 is 18.5 Å². The molecule has 1 amide bonds. The van der Waals surface area contributed by atoms with E-state index in [-0.39, 0.29) is 23.4 Å². The molecule has 0 spiro atoms. The molecule has 1 aliphatic rings. The lowest BCUT2D eigenvalue weighted by Crippen LogP contribution is -2.47. The van der Waals surface area contributed by atoms with Gasteiger partial charge in [0.05, 0.1) is 18.8 Å². The van der Waals surface area contributed by atoms with E-state index in [2.05, 4.69) is 5.10 Å². The predicted molar refractivity (Wildman–Crippen MR) is 158 cm³/mol. The highest BCUT2D eigenvalue weighted by atomic mass is 32.2. The van der Waals surface area contributed by atoms with Gasteiger partial charge in [0.2, 0.25) is 5.88 Å². The van der Waals surface area contributed by atoms with Gasteiger partial charge in [0.1, 0.15) is 32.6 Å². The molecule has 41 heavy (non-hydrogen) atoms. The van der Waals surface area contributed by atoms with E-state index in [1.807, 2.05) is 112 Å². The predicted octanol–water partition coefficient (Wildman–Crippen LogP) is 5.20. The first-order chi connectivity index (χ1) is 19.5. The number of carbonyl (C=O) groups excluding carboxylic acids is 1. The van der Waals surface area contributed by atoms with Crippen molar-refractivity contribution in [1.29, 1.82) is 0 Å². The number of nitrogens with zero attached hydrogens (tertiary/aromatic N) is 4. The van der Waals surface area contributed by atoms with Crippen LogP contribution in [0.3, 0.4) is 0 Å². The van der Waals surface area contributed by atoms with Crippen LogP contribution in [0.5, 0.6) is 5.88 Å². The van der Waals surface area contributed by atoms with Gasteiger partial charge in [0.15, 0.2) is 0 Å². The van der Waals surface area contributed by atoms with Crippen LogP contribution in [-0.2, 0) is 26.7 Å². The normalized spacial score (nSPS) is 16.6. The van der Waals surface area contributed by atoms with Crippen molar-refractivity contribution in [1.82, 2.24) is 14.7 Å². The minimum atomic E-state index is -3.58. The van der Waals surface area contributed by atoms with Crippen LogP contribution >= 0.6 is 0 Å². The molecule has 0 radical (unpaired) electrons. The SMILES string of the molecule is CN(C(=O)OC(C)(C)C)[C@@H]1COc2c(S(N)(=O)=NC(c3ccccc3)(c3ccccc3)c3ccccc3)cnn2C1. The van der Waals surface area contributed by atoms with E-state index in [1.54, 1.807) is 11.7 Å². The van der Waals surface area contributed by atoms with Crippen LogP contribution in [0.15, 0.2) is 106 Å². The second kappa shape index (κ2) is 11.0. The summed E-state index contributed by atoms with van der Waals surface area (Å²) < 4.78 is 32.7. The molecule has 9 nitrogen and oxygen atoms in total. The molecule has 4 aromatic rings. The van der Waals surface area contributed by atoms with Crippen LogP contribution in [-0.4, -0.2) is 50.3 Å². The summed E-state index contributed by atoms with van der Waals surface area (Å²) in [6.07, 6.45) is 0.987. The first-order valence-electron chi connectivity index (χ1n) is 13.4. The standard InChI is InChI=1S/C31H35N5O4S/c1-30(2,3)40-29(37)35(4)26-21-36-28(39-22-26)27(20-33-36)41(32,38)34-31(23-14-8-5-9-15-23,24-16-10-6-11-17-24)25-18-12-7-13-19-25/h5-20,26H,21-22H2,1-4H3,(H2,32,34,38)/t26-,41?/m0/s1. The third-order valence-corrected chi connectivity index (χ3v) is 8.40. The zero-order valence-corrected chi connectivity index (χ0v) is 24.5. The highest BCUT2D eigenvalue weighted by Crippen LogP contribution is 2.42. The van der Waals surface area contributed by atoms with Gasteiger partial charge in [0.25, 0.3) is 0 Å². The second-order valence-corrected chi connectivity index (χ2v) is 12.8. The number of aromatic nitrogens is 2. The fraction of sp³-hybridized carbons (Fsp3) is 0.290. The van der Waals surface area contributed by atoms with E-state index in [1.165, 1.54) is 11.1 Å². The molecular weight excluding hydrogens is 538 g/mol. The van der Waals surface area contributed by atoms with Gasteiger partial charge >= 0.3 is 6.09 Å². The van der Waals surface area contributed by atoms with Crippen LogP contribution in [0.1, 0.15) is 37.5 Å². The average Bonchev–Trinajstić information content (AvgIpc) is 3.40. The van der Waals surface area contributed by atoms with Crippen LogP contribution in [0.25, 0.3) is 0 Å². The smallest absolute Gasteiger partial charge is 0.410 e. The van der Waals surface area contributed by atoms with E-state index in [4.69, 9.17) is 19.0 Å². The summed E-state index contributed by atoms with van der Waals surface area (Å²) in [5.41, 5.74) is 0.642. The van der Waals surface area contributed by atoms with Crippen LogP contribution < -0.4 is 9.88 Å². The molecule has 2 atom stereocenters. The van der Waals surface area contributed by atoms with Crippen molar-refractivity contribution in [3.8, 4) is 5.88 Å². The minimum Gasteiger partial charge on any atom is -0.475 e. The number of fused-ring (bicyclic) bond motifs is 1. The Labute approximate surface area is 241 Å². The number of benzene rings is 3. The molecule has 10 heteroatoms. The molecule has 1 aliphatic heterocycles. The third-order valence-electron chi connectivity index (χ3n) is 6.95. The van der Waals surface area contributed by atoms with Gasteiger partial charge < -0.3 is 14.4 Å². The molecule has 0 fully saturated rings. The lowest BCUT2D eigenvalue weighted by Gasteiger charge is -2.34. The highest BCUT2D eigenvalue weighted by molar-refractivity contribution is 7.91. The fourth-order valence-corrected chi connectivity index (χ4v) is 6.36. The van der Waals surface area contributed by atoms with Crippen LogP contribution in [0.4, 0.5) is 4.79 Å². The Morgan fingerprint density at radius 1 is 0.976 bits per heavy atom. The molecule has 2 N–H and O–H groups in total. The molecule has 0 bridgehead atoms. The summed E-state index contributed by atoms with van der Waals surface area (Å²) in [5, 5.41) is 11.1. The molecule has 214 valence electrons. The Kier molecular flexibility index (Phi) is 7.63. The molecule has 1 aromatic heterocycles. The van der Waals surface area contributed by atoms with E-state index >= 15 is 0 Å². The van der Waals surface area contributed by atoms with Crippen molar-refractivity contribution in [3.05, 3.63) is 114 Å². The molecular formula is C31H35N5O4S. The summed E-state index contributed by atoms with van der Waals surface area (Å²) in [6.45, 7) is 5.92. The maximum absolute atomic E-state index is 14.5. The fourth-order valence-electron chi connectivity index (χ4n) is 4.93. The Morgan fingerprint density at radius 3 is 1.93 bits per heavy atom. The molecule has 1 unspecified atom stereocenters. The van der Waals surface area contributed by atoms with E-state index < -0.39 is 27.1 Å². The second-order valence-electron chi connectivity index (χ2n) is 11.0. The maximum atomic E-state index is 14.5. The topological polar surface area (TPSA) is 112 Å². The number of hydrogen-bond acceptors (Lipinski definition) is 6. The highest BCUT2D eigenvalue weighted by Gasteiger charge is 2.39. The summed E-state index contributed by atoms with van der Waals surface area (Å²) in [7, 11) is -1.92. The summed E-state index contributed by atoms with van der Waals surface area (Å²) in [5.74, 6) is 0.276. The van der Waals surface area contributed by atoms with Crippen molar-refractivity contribution in [3.63, 3.8) is 0 Å². The van der Waals surface area contributed by atoms with Gasteiger partial charge in [-0.1, -0.05) is 91.0 Å². The zero-order valence-electron chi connectivity index (χ0n) is 23.6. The molecule has 0 saturated heterocycles. The van der Waals surface area contributed by atoms with E-state index in [0.29, 0.717) is 6.54 Å². The van der Waals surface area contributed by atoms with Crippen LogP contribution in [0, 0.1) is 0 Å². The number of amides is 1. The Morgan fingerprint density at radius 2 is 1.46 bits per heavy atom. The van der Waals surface area contributed by atoms with Crippen molar-refractivity contribution in [2.75, 3.05) is 13.7 Å². The van der Waals surface area contributed by atoms with Gasteiger partial charge in [0, 0.05) is 7.05 Å². The average molecular weight is 574 g/mol. The van der Waals surface area contributed by atoms with Crippen LogP contribution in [0.2, 0.25) is 0 Å². The Hall–Kier alpha value is -4.15. The van der Waals surface area contributed by atoms with E-state index in [0.717, 1.165) is 16.7 Å².